The van der Waals surface area contributed by atoms with Crippen LogP contribution in [0, 0.1) is 5.92 Å². The molecule has 1 aromatic heterocycles. The van der Waals surface area contributed by atoms with Gasteiger partial charge in [-0.2, -0.15) is 0 Å². The smallest absolute Gasteiger partial charge is 0.318 e. The van der Waals surface area contributed by atoms with Gasteiger partial charge in [0.2, 0.25) is 5.91 Å². The van der Waals surface area contributed by atoms with Gasteiger partial charge in [0.05, 0.1) is 12.1 Å². The van der Waals surface area contributed by atoms with Crippen molar-refractivity contribution in [2.45, 2.75) is 39.3 Å². The summed E-state index contributed by atoms with van der Waals surface area (Å²) in [5.41, 5.74) is 7.40. The average molecular weight is 359 g/mol. The van der Waals surface area contributed by atoms with Crippen LogP contribution in [0.15, 0.2) is 41.8 Å². The number of nitrogens with two attached hydrogens (primary N) is 1. The van der Waals surface area contributed by atoms with E-state index in [1.165, 1.54) is 5.56 Å². The first-order chi connectivity index (χ1) is 11.9. The summed E-state index contributed by atoms with van der Waals surface area (Å²) in [6.45, 7) is 6.11. The van der Waals surface area contributed by atoms with Crippen LogP contribution in [0.4, 0.5) is 4.79 Å². The normalized spacial score (nSPS) is 13.4. The van der Waals surface area contributed by atoms with Gasteiger partial charge in [-0.15, -0.1) is 11.3 Å². The second-order valence-corrected chi connectivity index (χ2v) is 7.51. The first kappa shape index (κ1) is 19.1. The van der Waals surface area contributed by atoms with Crippen LogP contribution in [0.1, 0.15) is 42.8 Å². The van der Waals surface area contributed by atoms with E-state index < -0.39 is 18.0 Å². The summed E-state index contributed by atoms with van der Waals surface area (Å²) in [5, 5.41) is 7.41. The zero-order valence-corrected chi connectivity index (χ0v) is 15.6. The van der Waals surface area contributed by atoms with Crippen molar-refractivity contribution in [2.75, 3.05) is 0 Å². The molecule has 3 amide bonds. The van der Waals surface area contributed by atoms with Crippen LogP contribution in [0.25, 0.3) is 0 Å². The molecule has 2 rings (SSSR count). The fourth-order valence-corrected chi connectivity index (χ4v) is 3.48. The number of urea groups is 1. The number of benzene rings is 1. The van der Waals surface area contributed by atoms with Gasteiger partial charge < -0.3 is 5.73 Å². The van der Waals surface area contributed by atoms with Crippen molar-refractivity contribution < 1.29 is 9.59 Å². The van der Waals surface area contributed by atoms with Crippen molar-refractivity contribution in [1.82, 2.24) is 10.6 Å². The molecule has 2 atom stereocenters. The minimum atomic E-state index is -0.843. The van der Waals surface area contributed by atoms with Gasteiger partial charge in [0.15, 0.2) is 0 Å². The molecule has 0 radical (unpaired) electrons. The number of hydrogen-bond donors (Lipinski definition) is 3. The van der Waals surface area contributed by atoms with Crippen LogP contribution < -0.4 is 16.4 Å². The minimum absolute atomic E-state index is 0.123. The first-order valence-corrected chi connectivity index (χ1v) is 9.23. The van der Waals surface area contributed by atoms with Gasteiger partial charge in [0, 0.05) is 4.88 Å². The summed E-state index contributed by atoms with van der Waals surface area (Å²) >= 11 is 1.62. The Morgan fingerprint density at radius 2 is 1.80 bits per heavy atom. The van der Waals surface area contributed by atoms with Crippen LogP contribution >= 0.6 is 11.3 Å². The Bertz CT molecular complexity index is 696. The van der Waals surface area contributed by atoms with Crippen LogP contribution in [0.3, 0.4) is 0 Å². The van der Waals surface area contributed by atoms with Crippen molar-refractivity contribution in [3.05, 3.63) is 57.8 Å². The quantitative estimate of drug-likeness (QED) is 0.710. The fourth-order valence-electron chi connectivity index (χ4n) is 2.67. The number of thiophene rings is 1. The lowest BCUT2D eigenvalue weighted by atomic mass is 9.98. The second-order valence-electron chi connectivity index (χ2n) is 6.53. The molecule has 0 fully saturated rings. The number of nitrogens with one attached hydrogen (secondary N) is 2. The molecule has 0 aliphatic carbocycles. The lowest BCUT2D eigenvalue weighted by Gasteiger charge is -2.22. The molecule has 2 aromatic rings. The summed E-state index contributed by atoms with van der Waals surface area (Å²) in [5.74, 6) is 0.167. The molecule has 0 bridgehead atoms. The van der Waals surface area contributed by atoms with Gasteiger partial charge in [-0.1, -0.05) is 44.2 Å². The molecular weight excluding hydrogens is 334 g/mol. The van der Waals surface area contributed by atoms with E-state index in [2.05, 4.69) is 48.7 Å². The number of carbonyl (C=O) groups is 2. The Labute approximate surface area is 152 Å². The van der Waals surface area contributed by atoms with E-state index in [0.29, 0.717) is 5.92 Å². The van der Waals surface area contributed by atoms with Crippen LogP contribution in [-0.4, -0.2) is 18.0 Å². The third-order valence-corrected chi connectivity index (χ3v) is 4.78. The molecule has 1 heterocycles. The summed E-state index contributed by atoms with van der Waals surface area (Å²) < 4.78 is 0. The first-order valence-electron chi connectivity index (χ1n) is 8.35. The second kappa shape index (κ2) is 8.78. The molecule has 25 heavy (non-hydrogen) atoms. The summed E-state index contributed by atoms with van der Waals surface area (Å²) in [7, 11) is 0. The summed E-state index contributed by atoms with van der Waals surface area (Å²) in [6.07, 6.45) is 1.04. The Hall–Kier alpha value is -2.18. The van der Waals surface area contributed by atoms with Gasteiger partial charge in [0.1, 0.15) is 0 Å². The van der Waals surface area contributed by atoms with Gasteiger partial charge in [-0.05, 0) is 41.8 Å². The zero-order chi connectivity index (χ0) is 18.4. The van der Waals surface area contributed by atoms with E-state index in [1.54, 1.807) is 18.3 Å². The number of rotatable bonds is 7. The third-order valence-electron chi connectivity index (χ3n) is 3.84. The van der Waals surface area contributed by atoms with Crippen molar-refractivity contribution >= 4 is 23.3 Å². The monoisotopic (exact) mass is 359 g/mol. The molecule has 0 aliphatic rings. The molecule has 0 unspecified atom stereocenters. The topological polar surface area (TPSA) is 84.2 Å². The molecule has 1 aromatic carbocycles. The fraction of sp³-hybridized carbons (Fsp3) is 0.368. The van der Waals surface area contributed by atoms with Crippen molar-refractivity contribution in [3.8, 4) is 0 Å². The highest BCUT2D eigenvalue weighted by molar-refractivity contribution is 7.10. The highest BCUT2D eigenvalue weighted by Gasteiger charge is 2.22. The van der Waals surface area contributed by atoms with E-state index in [0.717, 1.165) is 16.9 Å². The summed E-state index contributed by atoms with van der Waals surface area (Å²) in [6, 6.07) is 10.9. The SMILES string of the molecule is CC(C)Cc1ccc([C@H](N[C@@H](C)C(=O)NC(N)=O)c2cccs2)cc1. The van der Waals surface area contributed by atoms with Gasteiger partial charge in [-0.25, -0.2) is 4.79 Å². The average Bonchev–Trinajstić information content (AvgIpc) is 3.06. The number of carbonyl (C=O) groups excluding carboxylic acids is 2. The Morgan fingerprint density at radius 3 is 2.32 bits per heavy atom. The lowest BCUT2D eigenvalue weighted by molar-refractivity contribution is -0.121. The van der Waals surface area contributed by atoms with E-state index in [1.807, 2.05) is 17.5 Å². The van der Waals surface area contributed by atoms with Crippen LogP contribution in [0.2, 0.25) is 0 Å². The van der Waals surface area contributed by atoms with Gasteiger partial charge in [0.25, 0.3) is 0 Å². The highest BCUT2D eigenvalue weighted by Crippen LogP contribution is 2.27. The molecule has 0 spiro atoms. The molecule has 0 aliphatic heterocycles. The third kappa shape index (κ3) is 5.69. The molecule has 5 nitrogen and oxygen atoms in total. The van der Waals surface area contributed by atoms with Gasteiger partial charge in [-0.3, -0.25) is 15.4 Å². The molecule has 0 saturated carbocycles. The number of primary amides is 1. The number of amides is 3. The lowest BCUT2D eigenvalue weighted by Crippen LogP contribution is -2.47. The molecule has 0 saturated heterocycles. The zero-order valence-electron chi connectivity index (χ0n) is 14.8. The van der Waals surface area contributed by atoms with E-state index in [4.69, 9.17) is 5.73 Å². The predicted molar refractivity (Wildman–Crippen MR) is 101 cm³/mol. The predicted octanol–water partition coefficient (Wildman–Crippen LogP) is 3.21. The maximum atomic E-state index is 12.0. The Kier molecular flexibility index (Phi) is 6.73. The van der Waals surface area contributed by atoms with Crippen molar-refractivity contribution in [2.24, 2.45) is 11.7 Å². The summed E-state index contributed by atoms with van der Waals surface area (Å²) in [4.78, 5) is 24.0. The van der Waals surface area contributed by atoms with E-state index in [9.17, 15) is 9.59 Å². The minimum Gasteiger partial charge on any atom is -0.351 e. The van der Waals surface area contributed by atoms with Crippen molar-refractivity contribution in [3.63, 3.8) is 0 Å². The standard InChI is InChI=1S/C19H25N3O2S/c1-12(2)11-14-6-8-15(9-7-14)17(16-5-4-10-25-16)21-13(3)18(23)22-19(20)24/h4-10,12-13,17,21H,11H2,1-3H3,(H3,20,22,23,24)/t13-,17-/m0/s1. The molecule has 6 heteroatoms. The van der Waals surface area contributed by atoms with Crippen LogP contribution in [0.5, 0.6) is 0 Å². The molecule has 134 valence electrons. The maximum absolute atomic E-state index is 12.0. The largest absolute Gasteiger partial charge is 0.351 e. The van der Waals surface area contributed by atoms with Gasteiger partial charge >= 0.3 is 6.03 Å². The highest BCUT2D eigenvalue weighted by atomic mass is 32.1. The van der Waals surface area contributed by atoms with E-state index in [-0.39, 0.29) is 6.04 Å². The van der Waals surface area contributed by atoms with E-state index >= 15 is 0 Å². The van der Waals surface area contributed by atoms with Crippen molar-refractivity contribution in [1.29, 1.82) is 0 Å². The molecule has 4 N–H and O–H groups in total. The Morgan fingerprint density at radius 1 is 1.12 bits per heavy atom. The maximum Gasteiger partial charge on any atom is 0.318 e. The van der Waals surface area contributed by atoms with Crippen LogP contribution in [-0.2, 0) is 11.2 Å². The number of hydrogen-bond acceptors (Lipinski definition) is 4. The molecular formula is C19H25N3O2S. The number of imide groups is 1. The Balaban J connectivity index is 2.19.